The first kappa shape index (κ1) is 64.6. The average Bonchev–Trinajstić information content (AvgIpc) is 3.75. The number of likely N-dealkylation sites (N-methyl/N-ethyl adjacent to an activating group) is 1. The fourth-order valence-electron chi connectivity index (χ4n) is 8.99. The number of allylic oxidation sites excluding steroid dienone is 8. The Morgan fingerprint density at radius 1 is 0.662 bits per heavy atom. The predicted molar refractivity (Wildman–Crippen MR) is 285 cm³/mol. The Hall–Kier alpha value is -2.50. The van der Waals surface area contributed by atoms with Gasteiger partial charge in [-0.1, -0.05) is 140 Å². The Morgan fingerprint density at radius 2 is 1.15 bits per heavy atom. The van der Waals surface area contributed by atoms with Crippen molar-refractivity contribution < 1.29 is 53.3 Å². The minimum atomic E-state index is -1.37. The van der Waals surface area contributed by atoms with Gasteiger partial charge in [0.25, 0.3) is 0 Å². The Kier molecular flexibility index (Phi) is 39.9. The molecule has 412 valence electrons. The van der Waals surface area contributed by atoms with E-state index in [-0.39, 0.29) is 38.4 Å². The zero-order valence-corrected chi connectivity index (χ0v) is 45.1. The van der Waals surface area contributed by atoms with Gasteiger partial charge >= 0.3 is 0 Å². The van der Waals surface area contributed by atoms with Crippen molar-refractivity contribution in [2.75, 3.05) is 72.9 Å². The van der Waals surface area contributed by atoms with E-state index in [2.05, 4.69) is 73.1 Å². The lowest BCUT2D eigenvalue weighted by Gasteiger charge is -2.42. The minimum absolute atomic E-state index is 0.0812. The van der Waals surface area contributed by atoms with Crippen LogP contribution < -0.4 is 10.6 Å². The van der Waals surface area contributed by atoms with Gasteiger partial charge in [0.15, 0.2) is 12.1 Å². The molecule has 2 rings (SSSR count). The van der Waals surface area contributed by atoms with Crippen molar-refractivity contribution in [3.63, 3.8) is 0 Å². The van der Waals surface area contributed by atoms with E-state index >= 15 is 0 Å². The molecule has 2 aliphatic heterocycles. The number of hydrogen-bond donors (Lipinski definition) is 5. The monoisotopic (exact) mass is 1010 g/mol. The van der Waals surface area contributed by atoms with E-state index in [1.807, 2.05) is 11.9 Å². The Bertz CT molecular complexity index is 1360. The van der Waals surface area contributed by atoms with Gasteiger partial charge in [-0.2, -0.15) is 0 Å². The number of rotatable bonds is 46. The van der Waals surface area contributed by atoms with Crippen molar-refractivity contribution in [2.45, 2.75) is 230 Å². The zero-order valence-electron chi connectivity index (χ0n) is 45.1. The summed E-state index contributed by atoms with van der Waals surface area (Å²) < 4.78 is 35.7. The Morgan fingerprint density at radius 3 is 1.68 bits per heavy atom. The quantitative estimate of drug-likeness (QED) is 0.0289. The highest BCUT2D eigenvalue weighted by atomic mass is 16.7. The van der Waals surface area contributed by atoms with Crippen molar-refractivity contribution >= 4 is 11.8 Å². The summed E-state index contributed by atoms with van der Waals surface area (Å²) in [6, 6.07) is -1.00. The number of unbranched alkanes of at least 4 members (excludes halogenated alkanes) is 18. The summed E-state index contributed by atoms with van der Waals surface area (Å²) in [6.07, 6.45) is 44.8. The molecule has 0 aromatic heterocycles. The van der Waals surface area contributed by atoms with Gasteiger partial charge in [-0.15, -0.1) is 0 Å². The maximum absolute atomic E-state index is 12.8. The highest BCUT2D eigenvalue weighted by Crippen LogP contribution is 2.35. The normalized spacial score (nSPS) is 21.5. The van der Waals surface area contributed by atoms with Crippen LogP contribution in [-0.2, 0) is 38.0 Å². The molecule has 0 saturated carbocycles. The summed E-state index contributed by atoms with van der Waals surface area (Å²) in [6.45, 7) is 8.24. The first-order chi connectivity index (χ1) is 34.6. The molecule has 0 spiro atoms. The van der Waals surface area contributed by atoms with Gasteiger partial charge < -0.3 is 54.4 Å². The maximum atomic E-state index is 12.8. The van der Waals surface area contributed by atoms with E-state index in [9.17, 15) is 24.9 Å². The van der Waals surface area contributed by atoms with Gasteiger partial charge in [0, 0.05) is 32.9 Å². The second kappa shape index (κ2) is 43.9. The molecule has 2 fully saturated rings. The number of hydrogen-bond acceptors (Lipinski definition) is 12. The molecule has 5 N–H and O–H groups in total. The summed E-state index contributed by atoms with van der Waals surface area (Å²) in [7, 11) is 1.95. The number of amides is 2. The molecule has 6 atom stereocenters. The number of ether oxygens (including phenoxy) is 6. The van der Waals surface area contributed by atoms with Crippen LogP contribution in [0.4, 0.5) is 0 Å². The van der Waals surface area contributed by atoms with Crippen LogP contribution in [0.5, 0.6) is 0 Å². The van der Waals surface area contributed by atoms with Gasteiger partial charge in [0.05, 0.1) is 58.9 Å². The van der Waals surface area contributed by atoms with Crippen LogP contribution in [0, 0.1) is 0 Å². The topological polar surface area (TPSA) is 178 Å². The molecule has 2 aliphatic rings. The molecule has 0 aromatic rings. The molecule has 71 heavy (non-hydrogen) atoms. The summed E-state index contributed by atoms with van der Waals surface area (Å²) >= 11 is 0. The average molecular weight is 1010 g/mol. The van der Waals surface area contributed by atoms with Gasteiger partial charge in [-0.25, -0.2) is 0 Å². The molecule has 0 bridgehead atoms. The number of aliphatic hydroxyl groups excluding tert-OH is 3. The van der Waals surface area contributed by atoms with Crippen LogP contribution in [0.1, 0.15) is 188 Å². The molecular formula is C57H103N3O11. The summed E-state index contributed by atoms with van der Waals surface area (Å²) in [5.41, 5.74) is 0. The zero-order chi connectivity index (χ0) is 51.5. The molecule has 0 aliphatic carbocycles. The van der Waals surface area contributed by atoms with Gasteiger partial charge in [0.2, 0.25) is 11.8 Å². The molecule has 0 aromatic carbocycles. The summed E-state index contributed by atoms with van der Waals surface area (Å²) in [5.74, 6) is -1.04. The van der Waals surface area contributed by atoms with Crippen molar-refractivity contribution in [3.05, 3.63) is 48.6 Å². The largest absolute Gasteiger partial charge is 0.394 e. The lowest BCUT2D eigenvalue weighted by Crippen LogP contribution is -2.64. The predicted octanol–water partition coefficient (Wildman–Crippen LogP) is 9.55. The van der Waals surface area contributed by atoms with E-state index in [0.717, 1.165) is 38.5 Å². The second-order valence-electron chi connectivity index (χ2n) is 19.7. The third kappa shape index (κ3) is 33.1. The Labute approximate surface area is 431 Å². The highest BCUT2D eigenvalue weighted by molar-refractivity contribution is 5.77. The van der Waals surface area contributed by atoms with Crippen LogP contribution in [0.25, 0.3) is 0 Å². The summed E-state index contributed by atoms with van der Waals surface area (Å²) in [5, 5.41) is 35.5. The number of nitrogens with zero attached hydrogens (tertiary/aromatic N) is 1. The number of carbonyl (C=O) groups excluding carboxylic acids is 2. The molecule has 2 heterocycles. The number of aliphatic hydroxyl groups is 3. The smallest absolute Gasteiger partial charge is 0.234 e. The fourth-order valence-corrected chi connectivity index (χ4v) is 8.99. The van der Waals surface area contributed by atoms with E-state index in [1.165, 1.54) is 135 Å². The van der Waals surface area contributed by atoms with Crippen molar-refractivity contribution in [2.24, 2.45) is 0 Å². The molecule has 2 saturated heterocycles. The van der Waals surface area contributed by atoms with E-state index in [1.54, 1.807) is 0 Å². The maximum Gasteiger partial charge on any atom is 0.234 e. The first-order valence-electron chi connectivity index (χ1n) is 28.2. The number of nitrogens with one attached hydrogen (secondary N) is 2. The van der Waals surface area contributed by atoms with E-state index in [4.69, 9.17) is 28.4 Å². The van der Waals surface area contributed by atoms with Gasteiger partial charge in [-0.05, 0) is 84.1 Å². The molecule has 2 unspecified atom stereocenters. The first-order valence-corrected chi connectivity index (χ1v) is 28.2. The van der Waals surface area contributed by atoms with Crippen LogP contribution in [0.3, 0.4) is 0 Å². The van der Waals surface area contributed by atoms with Crippen LogP contribution in [-0.4, -0.2) is 147 Å². The third-order valence-electron chi connectivity index (χ3n) is 13.1. The highest BCUT2D eigenvalue weighted by Gasteiger charge is 2.45. The SMILES string of the molecule is CCCCC/C=C\C/C=C\CCCCCCCCC1(CCCCCCCC/C=C\C/C=C\CCCCC)OC[C@H](CN(C)CC(=O)NCCOCCOCCO[C@@H]2OC(CO)[C@H](O)C(O)[C@@H]2NC(C)=O)O1. The van der Waals surface area contributed by atoms with Crippen LogP contribution in [0.15, 0.2) is 48.6 Å². The molecular weight excluding hydrogens is 903 g/mol. The van der Waals surface area contributed by atoms with Crippen molar-refractivity contribution in [1.29, 1.82) is 0 Å². The third-order valence-corrected chi connectivity index (χ3v) is 13.1. The van der Waals surface area contributed by atoms with Gasteiger partial charge in [0.1, 0.15) is 24.4 Å². The molecule has 0 radical (unpaired) electrons. The summed E-state index contributed by atoms with van der Waals surface area (Å²) in [4.78, 5) is 26.4. The number of carbonyl (C=O) groups is 2. The lowest BCUT2D eigenvalue weighted by atomic mass is 9.97. The van der Waals surface area contributed by atoms with Crippen molar-refractivity contribution in [3.8, 4) is 0 Å². The lowest BCUT2D eigenvalue weighted by molar-refractivity contribution is -0.272. The second-order valence-corrected chi connectivity index (χ2v) is 19.7. The molecule has 2 amide bonds. The Balaban J connectivity index is 1.65. The molecule has 14 nitrogen and oxygen atoms in total. The van der Waals surface area contributed by atoms with E-state index < -0.39 is 48.9 Å². The van der Waals surface area contributed by atoms with E-state index in [0.29, 0.717) is 32.9 Å². The minimum Gasteiger partial charge on any atom is -0.394 e. The van der Waals surface area contributed by atoms with Crippen molar-refractivity contribution in [1.82, 2.24) is 15.5 Å². The standard InChI is InChI=1S/C57H103N3O11/c1-5-7-9-11-13-15-17-19-21-23-25-27-29-31-33-35-37-57(38-36-34-32-30-28-26-24-22-20-18-16-14-12-10-8-6-2)69-48-50(71-57)45-60(4)46-52(63)58-39-40-66-41-42-67-43-44-68-56-53(59-49(3)62)55(65)54(64)51(47-61)70-56/h13-16,19-22,50-51,53-56,61,64-65H,5-12,17-18,23-48H2,1-4H3,(H,58,63)(H,59,62)/b15-13-,16-14-,21-19-,22-20-/t50-,51?,53-,54-,55?,56+/m0/s1. The van der Waals surface area contributed by atoms with Crippen LogP contribution in [0.2, 0.25) is 0 Å². The molecule has 14 heteroatoms. The fraction of sp³-hybridized carbons (Fsp3) is 0.825. The van der Waals surface area contributed by atoms with Crippen LogP contribution >= 0.6 is 0 Å². The van der Waals surface area contributed by atoms with Gasteiger partial charge in [-0.3, -0.25) is 14.5 Å².